The third kappa shape index (κ3) is 4.56. The summed E-state index contributed by atoms with van der Waals surface area (Å²) in [6.45, 7) is 7.91. The SMILES string of the molecule is CCc1noc([C@H]2O[C@@H](n3cnc4c(NC(CC)CC)nc(N[C@@H]5CCNC5)nc43)[C@H](O)[C@@H]2O)n1. The fourth-order valence-corrected chi connectivity index (χ4v) is 4.53. The van der Waals surface area contributed by atoms with E-state index in [0.717, 1.165) is 32.4 Å². The molecule has 0 unspecified atom stereocenters. The largest absolute Gasteiger partial charge is 0.387 e. The zero-order chi connectivity index (χ0) is 24.5. The molecule has 5 atom stereocenters. The van der Waals surface area contributed by atoms with E-state index in [1.54, 1.807) is 10.9 Å². The number of anilines is 2. The van der Waals surface area contributed by atoms with Crippen molar-refractivity contribution in [3.05, 3.63) is 18.0 Å². The average molecular weight is 488 g/mol. The molecular weight excluding hydrogens is 454 g/mol. The molecule has 0 amide bonds. The van der Waals surface area contributed by atoms with Crippen molar-refractivity contribution in [1.29, 1.82) is 0 Å². The summed E-state index contributed by atoms with van der Waals surface area (Å²) in [6.07, 6.45) is 0.537. The summed E-state index contributed by atoms with van der Waals surface area (Å²) in [6, 6.07) is 0.443. The molecule has 13 heteroatoms. The maximum atomic E-state index is 10.9. The lowest BCUT2D eigenvalue weighted by molar-refractivity contribution is -0.0451. The maximum Gasteiger partial charge on any atom is 0.258 e. The minimum atomic E-state index is -1.26. The number of rotatable bonds is 9. The predicted molar refractivity (Wildman–Crippen MR) is 127 cm³/mol. The van der Waals surface area contributed by atoms with E-state index in [0.29, 0.717) is 35.2 Å². The van der Waals surface area contributed by atoms with Crippen LogP contribution in [0, 0.1) is 0 Å². The Morgan fingerprint density at radius 1 is 1.17 bits per heavy atom. The fraction of sp³-hybridized carbons (Fsp3) is 0.682. The van der Waals surface area contributed by atoms with Gasteiger partial charge in [-0.2, -0.15) is 15.0 Å². The third-order valence-electron chi connectivity index (χ3n) is 6.70. The lowest BCUT2D eigenvalue weighted by atomic mass is 10.1. The molecule has 2 aliphatic rings. The van der Waals surface area contributed by atoms with Crippen molar-refractivity contribution in [3.8, 4) is 0 Å². The Morgan fingerprint density at radius 2 is 2.00 bits per heavy atom. The Kier molecular flexibility index (Phi) is 6.82. The molecule has 5 rings (SSSR count). The van der Waals surface area contributed by atoms with Gasteiger partial charge in [0.1, 0.15) is 12.2 Å². The summed E-state index contributed by atoms with van der Waals surface area (Å²) in [7, 11) is 0. The first-order valence-corrected chi connectivity index (χ1v) is 12.3. The van der Waals surface area contributed by atoms with Crippen LogP contribution in [0.25, 0.3) is 11.2 Å². The van der Waals surface area contributed by atoms with Crippen LogP contribution >= 0.6 is 0 Å². The first kappa shape index (κ1) is 23.9. The van der Waals surface area contributed by atoms with Gasteiger partial charge < -0.3 is 35.4 Å². The van der Waals surface area contributed by atoms with Crippen LogP contribution in [-0.2, 0) is 11.2 Å². The second-order valence-corrected chi connectivity index (χ2v) is 9.04. The highest BCUT2D eigenvalue weighted by molar-refractivity contribution is 5.84. The van der Waals surface area contributed by atoms with Crippen LogP contribution in [-0.4, -0.2) is 77.3 Å². The molecule has 2 fully saturated rings. The van der Waals surface area contributed by atoms with E-state index >= 15 is 0 Å². The number of nitrogens with zero attached hydrogens (tertiary/aromatic N) is 6. The monoisotopic (exact) mass is 487 g/mol. The van der Waals surface area contributed by atoms with Crippen LogP contribution in [0.2, 0.25) is 0 Å². The Morgan fingerprint density at radius 3 is 2.69 bits per heavy atom. The summed E-state index contributed by atoms with van der Waals surface area (Å²) in [5.74, 6) is 1.71. The van der Waals surface area contributed by atoms with Crippen molar-refractivity contribution < 1.29 is 19.5 Å². The van der Waals surface area contributed by atoms with E-state index in [9.17, 15) is 10.2 Å². The van der Waals surface area contributed by atoms with Crippen LogP contribution in [0.1, 0.15) is 64.1 Å². The number of aromatic nitrogens is 6. The van der Waals surface area contributed by atoms with Gasteiger partial charge in [-0.15, -0.1) is 0 Å². The molecule has 0 spiro atoms. The van der Waals surface area contributed by atoms with Crippen LogP contribution in [0.5, 0.6) is 0 Å². The molecular formula is C22H33N9O4. The molecule has 35 heavy (non-hydrogen) atoms. The molecule has 0 bridgehead atoms. The molecule has 0 radical (unpaired) electrons. The second kappa shape index (κ2) is 10.0. The highest BCUT2D eigenvalue weighted by atomic mass is 16.6. The highest BCUT2D eigenvalue weighted by Gasteiger charge is 2.47. The zero-order valence-corrected chi connectivity index (χ0v) is 20.2. The first-order valence-electron chi connectivity index (χ1n) is 12.3. The Bertz CT molecular complexity index is 1140. The van der Waals surface area contributed by atoms with Gasteiger partial charge in [0.2, 0.25) is 5.95 Å². The molecule has 2 aliphatic heterocycles. The number of hydrogen-bond acceptors (Lipinski definition) is 12. The van der Waals surface area contributed by atoms with Gasteiger partial charge in [0.25, 0.3) is 5.89 Å². The standard InChI is InChI=1S/C22H33N9O4/c1-4-11(5-2)25-18-14-19(29-22(28-18)26-12-7-8-23-9-12)31(10-24-14)21-16(33)15(32)17(34-21)20-27-13(6-3)30-35-20/h10-12,15-17,21,23,32-33H,4-9H2,1-3H3,(H2,25,26,28,29)/t12-,15+,16-,17+,21-/m1/s1. The molecule has 0 saturated carbocycles. The molecule has 5 N–H and O–H groups in total. The van der Waals surface area contributed by atoms with Gasteiger partial charge >= 0.3 is 0 Å². The molecule has 190 valence electrons. The lowest BCUT2D eigenvalue weighted by Crippen LogP contribution is -2.29. The van der Waals surface area contributed by atoms with Gasteiger partial charge in [-0.3, -0.25) is 4.57 Å². The third-order valence-corrected chi connectivity index (χ3v) is 6.70. The summed E-state index contributed by atoms with van der Waals surface area (Å²) in [5, 5.41) is 35.7. The van der Waals surface area contributed by atoms with E-state index in [4.69, 9.17) is 19.2 Å². The van der Waals surface area contributed by atoms with Crippen LogP contribution in [0.3, 0.4) is 0 Å². The van der Waals surface area contributed by atoms with Crippen molar-refractivity contribution >= 4 is 22.9 Å². The van der Waals surface area contributed by atoms with Gasteiger partial charge in [0, 0.05) is 25.0 Å². The van der Waals surface area contributed by atoms with E-state index in [-0.39, 0.29) is 18.0 Å². The zero-order valence-electron chi connectivity index (χ0n) is 20.2. The quantitative estimate of drug-likeness (QED) is 0.292. The summed E-state index contributed by atoms with van der Waals surface area (Å²) in [5.41, 5.74) is 1.05. The number of ether oxygens (including phenoxy) is 1. The van der Waals surface area contributed by atoms with E-state index in [1.807, 2.05) is 6.92 Å². The Balaban J connectivity index is 1.50. The Hall–Kier alpha value is -2.87. The van der Waals surface area contributed by atoms with Gasteiger partial charge in [-0.05, 0) is 25.8 Å². The number of nitrogens with one attached hydrogen (secondary N) is 3. The topological polar surface area (TPSA) is 168 Å². The summed E-state index contributed by atoms with van der Waals surface area (Å²) in [4.78, 5) is 18.3. The first-order chi connectivity index (χ1) is 17.0. The van der Waals surface area contributed by atoms with Crippen molar-refractivity contribution in [1.82, 2.24) is 35.0 Å². The minimum absolute atomic E-state index is 0.127. The molecule has 3 aromatic rings. The van der Waals surface area contributed by atoms with Gasteiger partial charge in [0.15, 0.2) is 35.1 Å². The van der Waals surface area contributed by atoms with Crippen molar-refractivity contribution in [2.24, 2.45) is 0 Å². The van der Waals surface area contributed by atoms with Gasteiger partial charge in [-0.1, -0.05) is 25.9 Å². The number of hydrogen-bond donors (Lipinski definition) is 5. The molecule has 5 heterocycles. The molecule has 2 saturated heterocycles. The molecule has 13 nitrogen and oxygen atoms in total. The average Bonchev–Trinajstić information content (AvgIpc) is 3.66. The second-order valence-electron chi connectivity index (χ2n) is 9.04. The van der Waals surface area contributed by atoms with Gasteiger partial charge in [0.05, 0.1) is 6.33 Å². The van der Waals surface area contributed by atoms with Crippen molar-refractivity contribution in [3.63, 3.8) is 0 Å². The van der Waals surface area contributed by atoms with Crippen LogP contribution in [0.4, 0.5) is 11.8 Å². The number of aliphatic hydroxyl groups is 2. The molecule has 3 aromatic heterocycles. The molecule has 0 aliphatic carbocycles. The van der Waals surface area contributed by atoms with Crippen molar-refractivity contribution in [2.75, 3.05) is 23.7 Å². The molecule has 0 aromatic carbocycles. The van der Waals surface area contributed by atoms with E-state index in [2.05, 4.69) is 44.9 Å². The highest BCUT2D eigenvalue weighted by Crippen LogP contribution is 2.39. The Labute approximate surface area is 202 Å². The normalized spacial score (nSPS) is 26.7. The number of imidazole rings is 1. The fourth-order valence-electron chi connectivity index (χ4n) is 4.53. The van der Waals surface area contributed by atoms with Crippen molar-refractivity contribution in [2.45, 2.75) is 83.1 Å². The smallest absolute Gasteiger partial charge is 0.258 e. The summed E-state index contributed by atoms with van der Waals surface area (Å²) < 4.78 is 12.9. The van der Waals surface area contributed by atoms with E-state index in [1.165, 1.54) is 0 Å². The van der Waals surface area contributed by atoms with Crippen LogP contribution in [0.15, 0.2) is 10.9 Å². The minimum Gasteiger partial charge on any atom is -0.387 e. The van der Waals surface area contributed by atoms with Crippen LogP contribution < -0.4 is 16.0 Å². The number of fused-ring (bicyclic) bond motifs is 1. The number of aliphatic hydroxyl groups excluding tert-OH is 2. The predicted octanol–water partition coefficient (Wildman–Crippen LogP) is 1.14. The van der Waals surface area contributed by atoms with E-state index < -0.39 is 24.5 Å². The maximum absolute atomic E-state index is 10.9. The number of aryl methyl sites for hydroxylation is 1. The lowest BCUT2D eigenvalue weighted by Gasteiger charge is -2.19. The summed E-state index contributed by atoms with van der Waals surface area (Å²) >= 11 is 0. The van der Waals surface area contributed by atoms with Gasteiger partial charge in [-0.25, -0.2) is 4.98 Å².